The zero-order valence-corrected chi connectivity index (χ0v) is 11.3. The minimum atomic E-state index is 0. The van der Waals surface area contributed by atoms with Crippen molar-refractivity contribution in [3.05, 3.63) is 29.8 Å². The summed E-state index contributed by atoms with van der Waals surface area (Å²) in [5, 5.41) is 9.20. The van der Waals surface area contributed by atoms with Crippen molar-refractivity contribution in [2.24, 2.45) is 0 Å². The number of hydrogen-bond acceptors (Lipinski definition) is 2. The third-order valence-corrected chi connectivity index (χ3v) is 3.33. The lowest BCUT2D eigenvalue weighted by Gasteiger charge is -2.32. The molecule has 1 fully saturated rings. The van der Waals surface area contributed by atoms with Gasteiger partial charge in [0.25, 0.3) is 0 Å². The van der Waals surface area contributed by atoms with E-state index in [0.29, 0.717) is 11.8 Å². The van der Waals surface area contributed by atoms with Crippen LogP contribution in [0.5, 0.6) is 5.75 Å². The minimum absolute atomic E-state index is 0. The second-order valence-electron chi connectivity index (χ2n) is 4.50. The SMILES string of the molecule is C.CC.CN1CCCCC1Cc1ccc(O)cc1. The Morgan fingerprint density at radius 2 is 1.78 bits per heavy atom. The van der Waals surface area contributed by atoms with Crippen molar-refractivity contribution in [3.8, 4) is 5.75 Å². The number of rotatable bonds is 2. The van der Waals surface area contributed by atoms with Gasteiger partial charge in [-0.15, -0.1) is 0 Å². The Morgan fingerprint density at radius 3 is 2.33 bits per heavy atom. The molecule has 2 nitrogen and oxygen atoms in total. The van der Waals surface area contributed by atoms with Gasteiger partial charge in [-0.25, -0.2) is 0 Å². The number of hydrogen-bond donors (Lipinski definition) is 1. The third-order valence-electron chi connectivity index (χ3n) is 3.33. The molecule has 0 bridgehead atoms. The van der Waals surface area contributed by atoms with Crippen molar-refractivity contribution in [3.63, 3.8) is 0 Å². The lowest BCUT2D eigenvalue weighted by molar-refractivity contribution is 0.184. The van der Waals surface area contributed by atoms with Gasteiger partial charge in [0.05, 0.1) is 0 Å². The molecule has 1 aliphatic heterocycles. The molecule has 2 rings (SSSR count). The molecule has 1 aromatic rings. The highest BCUT2D eigenvalue weighted by atomic mass is 16.3. The zero-order chi connectivity index (χ0) is 12.7. The molecule has 0 aliphatic carbocycles. The van der Waals surface area contributed by atoms with E-state index >= 15 is 0 Å². The van der Waals surface area contributed by atoms with Crippen molar-refractivity contribution in [2.45, 2.75) is 53.0 Å². The smallest absolute Gasteiger partial charge is 0.115 e. The normalized spacial score (nSPS) is 19.4. The van der Waals surface area contributed by atoms with E-state index in [0.717, 1.165) is 6.42 Å². The Morgan fingerprint density at radius 1 is 1.17 bits per heavy atom. The van der Waals surface area contributed by atoms with E-state index in [1.807, 2.05) is 26.0 Å². The zero-order valence-electron chi connectivity index (χ0n) is 11.3. The van der Waals surface area contributed by atoms with E-state index in [1.165, 1.54) is 31.4 Å². The predicted molar refractivity (Wildman–Crippen MR) is 80.2 cm³/mol. The van der Waals surface area contributed by atoms with Crippen LogP contribution in [0.4, 0.5) is 0 Å². The molecule has 1 heterocycles. The van der Waals surface area contributed by atoms with E-state index in [2.05, 4.69) is 11.9 Å². The molecule has 1 N–H and O–H groups in total. The maximum absolute atomic E-state index is 9.20. The molecule has 1 unspecified atom stereocenters. The first-order chi connectivity index (χ1) is 8.25. The standard InChI is InChI=1S/C13H19NO.C2H6.CH4/c1-14-9-3-2-4-12(14)10-11-5-7-13(15)8-6-11;1-2;/h5-8,12,15H,2-4,9-10H2,1H3;1-2H3;1H4. The van der Waals surface area contributed by atoms with Crippen LogP contribution in [0.2, 0.25) is 0 Å². The van der Waals surface area contributed by atoms with Crippen molar-refractivity contribution < 1.29 is 5.11 Å². The second kappa shape index (κ2) is 8.98. The molecule has 18 heavy (non-hydrogen) atoms. The van der Waals surface area contributed by atoms with Crippen LogP contribution in [-0.4, -0.2) is 29.6 Å². The fourth-order valence-corrected chi connectivity index (χ4v) is 2.31. The highest BCUT2D eigenvalue weighted by molar-refractivity contribution is 5.26. The van der Waals surface area contributed by atoms with Gasteiger partial charge in [0.2, 0.25) is 0 Å². The van der Waals surface area contributed by atoms with Crippen molar-refractivity contribution in [2.75, 3.05) is 13.6 Å². The minimum Gasteiger partial charge on any atom is -0.508 e. The Balaban J connectivity index is 0.000000917. The number of likely N-dealkylation sites (tertiary alicyclic amines) is 1. The van der Waals surface area contributed by atoms with Crippen LogP contribution >= 0.6 is 0 Å². The summed E-state index contributed by atoms with van der Waals surface area (Å²) in [6, 6.07) is 8.29. The molecule has 0 amide bonds. The van der Waals surface area contributed by atoms with Crippen LogP contribution in [0.25, 0.3) is 0 Å². The molecule has 1 atom stereocenters. The van der Waals surface area contributed by atoms with Crippen molar-refractivity contribution >= 4 is 0 Å². The second-order valence-corrected chi connectivity index (χ2v) is 4.50. The Hall–Kier alpha value is -1.02. The Labute approximate surface area is 113 Å². The number of likely N-dealkylation sites (N-methyl/N-ethyl adjacent to an activating group) is 1. The summed E-state index contributed by atoms with van der Waals surface area (Å²) >= 11 is 0. The van der Waals surface area contributed by atoms with Crippen LogP contribution < -0.4 is 0 Å². The number of benzene rings is 1. The third kappa shape index (κ3) is 5.09. The quantitative estimate of drug-likeness (QED) is 0.856. The van der Waals surface area contributed by atoms with Crippen LogP contribution in [0, 0.1) is 0 Å². The van der Waals surface area contributed by atoms with Crippen LogP contribution in [-0.2, 0) is 6.42 Å². The summed E-state index contributed by atoms with van der Waals surface area (Å²) in [5.41, 5.74) is 1.33. The molecule has 1 saturated heterocycles. The average Bonchev–Trinajstić information content (AvgIpc) is 2.37. The molecule has 0 saturated carbocycles. The van der Waals surface area contributed by atoms with Crippen LogP contribution in [0.3, 0.4) is 0 Å². The van der Waals surface area contributed by atoms with Gasteiger partial charge in [-0.05, 0) is 50.6 Å². The van der Waals surface area contributed by atoms with E-state index in [4.69, 9.17) is 0 Å². The number of phenolic OH excluding ortho intramolecular Hbond substituents is 1. The maximum Gasteiger partial charge on any atom is 0.115 e. The van der Waals surface area contributed by atoms with E-state index in [1.54, 1.807) is 12.1 Å². The van der Waals surface area contributed by atoms with Gasteiger partial charge in [0.1, 0.15) is 5.75 Å². The fraction of sp³-hybridized carbons (Fsp3) is 0.625. The molecule has 0 radical (unpaired) electrons. The summed E-state index contributed by atoms with van der Waals surface area (Å²) in [6.45, 7) is 5.22. The molecular weight excluding hydrogens is 222 g/mol. The Kier molecular flexibility index (Phi) is 8.47. The van der Waals surface area contributed by atoms with Gasteiger partial charge < -0.3 is 10.0 Å². The van der Waals surface area contributed by atoms with Gasteiger partial charge in [0.15, 0.2) is 0 Å². The topological polar surface area (TPSA) is 23.5 Å². The van der Waals surface area contributed by atoms with Gasteiger partial charge in [-0.3, -0.25) is 0 Å². The van der Waals surface area contributed by atoms with Gasteiger partial charge >= 0.3 is 0 Å². The molecule has 0 aromatic heterocycles. The molecule has 104 valence electrons. The molecule has 0 spiro atoms. The summed E-state index contributed by atoms with van der Waals surface area (Å²) < 4.78 is 0. The number of phenols is 1. The largest absolute Gasteiger partial charge is 0.508 e. The lowest BCUT2D eigenvalue weighted by Crippen LogP contribution is -2.37. The first kappa shape index (κ1) is 17.0. The van der Waals surface area contributed by atoms with E-state index in [9.17, 15) is 5.11 Å². The molecular formula is C16H29NO. The lowest BCUT2D eigenvalue weighted by atomic mass is 9.96. The average molecular weight is 251 g/mol. The number of nitrogens with zero attached hydrogens (tertiary/aromatic N) is 1. The first-order valence-corrected chi connectivity index (χ1v) is 6.74. The van der Waals surface area contributed by atoms with E-state index < -0.39 is 0 Å². The van der Waals surface area contributed by atoms with Gasteiger partial charge in [-0.2, -0.15) is 0 Å². The summed E-state index contributed by atoms with van der Waals surface area (Å²) in [7, 11) is 2.21. The van der Waals surface area contributed by atoms with Crippen molar-refractivity contribution in [1.29, 1.82) is 0 Å². The fourth-order valence-electron chi connectivity index (χ4n) is 2.31. The molecule has 2 heteroatoms. The number of aromatic hydroxyl groups is 1. The predicted octanol–water partition coefficient (Wildman–Crippen LogP) is 4.08. The summed E-state index contributed by atoms with van der Waals surface area (Å²) in [5.74, 6) is 0.357. The van der Waals surface area contributed by atoms with Crippen molar-refractivity contribution in [1.82, 2.24) is 4.90 Å². The Bertz CT molecular complexity index is 307. The van der Waals surface area contributed by atoms with Crippen LogP contribution in [0.15, 0.2) is 24.3 Å². The summed E-state index contributed by atoms with van der Waals surface area (Å²) in [4.78, 5) is 2.45. The summed E-state index contributed by atoms with van der Waals surface area (Å²) in [6.07, 6.45) is 5.10. The van der Waals surface area contributed by atoms with Gasteiger partial charge in [-0.1, -0.05) is 39.8 Å². The highest BCUT2D eigenvalue weighted by Crippen LogP contribution is 2.20. The first-order valence-electron chi connectivity index (χ1n) is 6.74. The molecule has 1 aliphatic rings. The van der Waals surface area contributed by atoms with Crippen LogP contribution in [0.1, 0.15) is 46.1 Å². The monoisotopic (exact) mass is 251 g/mol. The van der Waals surface area contributed by atoms with E-state index in [-0.39, 0.29) is 7.43 Å². The van der Waals surface area contributed by atoms with Gasteiger partial charge in [0, 0.05) is 6.04 Å². The highest BCUT2D eigenvalue weighted by Gasteiger charge is 2.18. The molecule has 1 aromatic carbocycles. The maximum atomic E-state index is 9.20. The number of piperidine rings is 1.